The first-order valence-corrected chi connectivity index (χ1v) is 8.47. The summed E-state index contributed by atoms with van der Waals surface area (Å²) in [6.45, 7) is 8.57. The highest BCUT2D eigenvalue weighted by Crippen LogP contribution is 2.35. The van der Waals surface area contributed by atoms with Gasteiger partial charge in [0, 0.05) is 38.8 Å². The smallest absolute Gasteiger partial charge is 0.0499 e. The van der Waals surface area contributed by atoms with Crippen molar-refractivity contribution in [1.29, 1.82) is 0 Å². The fourth-order valence-electron chi connectivity index (χ4n) is 3.66. The molecular weight excluding hydrogens is 274 g/mol. The van der Waals surface area contributed by atoms with Crippen molar-refractivity contribution in [1.82, 2.24) is 4.90 Å². The van der Waals surface area contributed by atoms with E-state index in [2.05, 4.69) is 36.9 Å². The second kappa shape index (κ2) is 8.09. The predicted molar refractivity (Wildman–Crippen MR) is 91.1 cm³/mol. The van der Waals surface area contributed by atoms with Crippen LogP contribution in [-0.4, -0.2) is 43.4 Å². The van der Waals surface area contributed by atoms with Gasteiger partial charge in [0.15, 0.2) is 0 Å². The van der Waals surface area contributed by atoms with Crippen molar-refractivity contribution in [2.75, 3.05) is 33.4 Å². The maximum Gasteiger partial charge on any atom is 0.0499 e. The summed E-state index contributed by atoms with van der Waals surface area (Å²) in [4.78, 5) is 2.52. The summed E-state index contributed by atoms with van der Waals surface area (Å²) in [6, 6.07) is 6.69. The van der Waals surface area contributed by atoms with Crippen LogP contribution in [0.2, 0.25) is 0 Å². The number of hydrogen-bond donors (Lipinski definition) is 1. The molecule has 0 spiro atoms. The lowest BCUT2D eigenvalue weighted by atomic mass is 9.77. The number of methoxy groups -OCH3 is 1. The zero-order valence-corrected chi connectivity index (χ0v) is 14.4. The SMILES string of the molecule is COCCC[C@@]1(CO)CCCN(Cc2cc(C)ccc2C)C1. The number of aryl methyl sites for hydroxylation is 2. The van der Waals surface area contributed by atoms with E-state index in [-0.39, 0.29) is 5.41 Å². The van der Waals surface area contributed by atoms with E-state index >= 15 is 0 Å². The summed E-state index contributed by atoms with van der Waals surface area (Å²) in [5.41, 5.74) is 4.18. The average Bonchev–Trinajstić information content (AvgIpc) is 2.52. The third-order valence-electron chi connectivity index (χ3n) is 5.03. The van der Waals surface area contributed by atoms with Crippen LogP contribution in [0.25, 0.3) is 0 Å². The van der Waals surface area contributed by atoms with Gasteiger partial charge in [0.05, 0.1) is 0 Å². The molecule has 0 saturated carbocycles. The Bertz CT molecular complexity index is 475. The van der Waals surface area contributed by atoms with Gasteiger partial charge < -0.3 is 9.84 Å². The van der Waals surface area contributed by atoms with Crippen molar-refractivity contribution in [2.24, 2.45) is 5.41 Å². The molecule has 0 unspecified atom stereocenters. The molecule has 1 aliphatic heterocycles. The first kappa shape index (κ1) is 17.5. The van der Waals surface area contributed by atoms with Crippen LogP contribution in [0.5, 0.6) is 0 Å². The molecule has 1 heterocycles. The number of piperidine rings is 1. The van der Waals surface area contributed by atoms with Crippen molar-refractivity contribution in [3.63, 3.8) is 0 Å². The second-order valence-corrected chi connectivity index (χ2v) is 7.00. The number of ether oxygens (including phenoxy) is 1. The number of likely N-dealkylation sites (tertiary alicyclic amines) is 1. The summed E-state index contributed by atoms with van der Waals surface area (Å²) >= 11 is 0. The van der Waals surface area contributed by atoms with Crippen LogP contribution >= 0.6 is 0 Å². The number of aliphatic hydroxyl groups excluding tert-OH is 1. The number of nitrogens with zero attached hydrogens (tertiary/aromatic N) is 1. The standard InChI is InChI=1S/C19H31NO2/c1-16-6-7-17(2)18(12-16)13-20-10-4-8-19(14-20,15-21)9-5-11-22-3/h6-7,12,21H,4-5,8-11,13-15H2,1-3H3/t19-/m0/s1. The lowest BCUT2D eigenvalue weighted by Crippen LogP contribution is -2.45. The number of benzene rings is 1. The molecule has 0 bridgehead atoms. The Morgan fingerprint density at radius 1 is 1.32 bits per heavy atom. The lowest BCUT2D eigenvalue weighted by molar-refractivity contribution is 0.0158. The molecule has 0 radical (unpaired) electrons. The second-order valence-electron chi connectivity index (χ2n) is 7.00. The highest BCUT2D eigenvalue weighted by atomic mass is 16.5. The van der Waals surface area contributed by atoms with Gasteiger partial charge in [-0.3, -0.25) is 4.90 Å². The van der Waals surface area contributed by atoms with Crippen LogP contribution in [0.3, 0.4) is 0 Å². The van der Waals surface area contributed by atoms with Crippen molar-refractivity contribution < 1.29 is 9.84 Å². The van der Waals surface area contributed by atoms with Gasteiger partial charge in [0.2, 0.25) is 0 Å². The third-order valence-corrected chi connectivity index (χ3v) is 5.03. The van der Waals surface area contributed by atoms with E-state index < -0.39 is 0 Å². The monoisotopic (exact) mass is 305 g/mol. The number of rotatable bonds is 7. The van der Waals surface area contributed by atoms with Gasteiger partial charge in [-0.25, -0.2) is 0 Å². The molecule has 1 atom stereocenters. The van der Waals surface area contributed by atoms with Crippen LogP contribution in [0.1, 0.15) is 42.4 Å². The summed E-state index contributed by atoms with van der Waals surface area (Å²) in [5.74, 6) is 0. The van der Waals surface area contributed by atoms with E-state index in [1.54, 1.807) is 7.11 Å². The lowest BCUT2D eigenvalue weighted by Gasteiger charge is -2.42. The zero-order chi connectivity index (χ0) is 16.0. The summed E-state index contributed by atoms with van der Waals surface area (Å²) in [5, 5.41) is 9.96. The molecule has 2 rings (SSSR count). The Labute approximate surface area is 135 Å². The Morgan fingerprint density at radius 2 is 2.14 bits per heavy atom. The van der Waals surface area contributed by atoms with Crippen LogP contribution in [0.15, 0.2) is 18.2 Å². The van der Waals surface area contributed by atoms with Crippen molar-refractivity contribution in [2.45, 2.75) is 46.1 Å². The average molecular weight is 305 g/mol. The fourth-order valence-corrected chi connectivity index (χ4v) is 3.66. The molecule has 3 nitrogen and oxygen atoms in total. The predicted octanol–water partition coefficient (Wildman–Crippen LogP) is 3.30. The maximum absolute atomic E-state index is 9.96. The van der Waals surface area contributed by atoms with Crippen LogP contribution < -0.4 is 0 Å². The molecule has 1 aliphatic rings. The zero-order valence-electron chi connectivity index (χ0n) is 14.4. The molecule has 1 aromatic rings. The van der Waals surface area contributed by atoms with E-state index in [1.165, 1.54) is 23.1 Å². The molecule has 1 N–H and O–H groups in total. The Kier molecular flexibility index (Phi) is 6.42. The highest BCUT2D eigenvalue weighted by molar-refractivity contribution is 5.30. The number of aliphatic hydroxyl groups is 1. The molecular formula is C19H31NO2. The molecule has 22 heavy (non-hydrogen) atoms. The van der Waals surface area contributed by atoms with Gasteiger partial charge in [-0.05, 0) is 57.2 Å². The quantitative estimate of drug-likeness (QED) is 0.785. The minimum absolute atomic E-state index is 0.0640. The summed E-state index contributed by atoms with van der Waals surface area (Å²) in [7, 11) is 1.75. The normalized spacial score (nSPS) is 22.9. The van der Waals surface area contributed by atoms with Gasteiger partial charge in [0.1, 0.15) is 0 Å². The van der Waals surface area contributed by atoms with Gasteiger partial charge in [-0.15, -0.1) is 0 Å². The Balaban J connectivity index is 2.01. The van der Waals surface area contributed by atoms with Crippen LogP contribution in [0, 0.1) is 19.3 Å². The van der Waals surface area contributed by atoms with Crippen molar-refractivity contribution >= 4 is 0 Å². The van der Waals surface area contributed by atoms with Gasteiger partial charge in [-0.1, -0.05) is 23.8 Å². The third kappa shape index (κ3) is 4.55. The fraction of sp³-hybridized carbons (Fsp3) is 0.684. The van der Waals surface area contributed by atoms with E-state index in [4.69, 9.17) is 4.74 Å². The molecule has 1 saturated heterocycles. The first-order chi connectivity index (χ1) is 10.6. The Hall–Kier alpha value is -0.900. The molecule has 124 valence electrons. The maximum atomic E-state index is 9.96. The van der Waals surface area contributed by atoms with Crippen LogP contribution in [0.4, 0.5) is 0 Å². The molecule has 1 aromatic carbocycles. The highest BCUT2D eigenvalue weighted by Gasteiger charge is 2.34. The molecule has 3 heteroatoms. The molecule has 1 fully saturated rings. The van der Waals surface area contributed by atoms with E-state index in [0.717, 1.165) is 45.5 Å². The molecule has 0 aromatic heterocycles. The topological polar surface area (TPSA) is 32.7 Å². The molecule has 0 aliphatic carbocycles. The van der Waals surface area contributed by atoms with Crippen molar-refractivity contribution in [3.05, 3.63) is 34.9 Å². The largest absolute Gasteiger partial charge is 0.396 e. The van der Waals surface area contributed by atoms with E-state index in [0.29, 0.717) is 6.61 Å². The van der Waals surface area contributed by atoms with Crippen LogP contribution in [-0.2, 0) is 11.3 Å². The summed E-state index contributed by atoms with van der Waals surface area (Å²) < 4.78 is 5.18. The van der Waals surface area contributed by atoms with E-state index in [9.17, 15) is 5.11 Å². The first-order valence-electron chi connectivity index (χ1n) is 8.47. The molecule has 0 amide bonds. The minimum Gasteiger partial charge on any atom is -0.396 e. The van der Waals surface area contributed by atoms with Gasteiger partial charge >= 0.3 is 0 Å². The van der Waals surface area contributed by atoms with Gasteiger partial charge in [-0.2, -0.15) is 0 Å². The van der Waals surface area contributed by atoms with E-state index in [1.807, 2.05) is 0 Å². The number of hydrogen-bond acceptors (Lipinski definition) is 3. The minimum atomic E-state index is 0.0640. The Morgan fingerprint density at radius 3 is 2.86 bits per heavy atom. The van der Waals surface area contributed by atoms with Gasteiger partial charge in [0.25, 0.3) is 0 Å². The summed E-state index contributed by atoms with van der Waals surface area (Å²) in [6.07, 6.45) is 4.41. The van der Waals surface area contributed by atoms with Crippen molar-refractivity contribution in [3.8, 4) is 0 Å².